The summed E-state index contributed by atoms with van der Waals surface area (Å²) in [6.07, 6.45) is 2.52. The van der Waals surface area contributed by atoms with E-state index >= 15 is 0 Å². The van der Waals surface area contributed by atoms with Crippen molar-refractivity contribution in [2.45, 2.75) is 12.8 Å². The van der Waals surface area contributed by atoms with Crippen LogP contribution in [0, 0.1) is 0 Å². The zero-order valence-electron chi connectivity index (χ0n) is 11.8. The van der Waals surface area contributed by atoms with Crippen LogP contribution in [0.2, 0.25) is 5.02 Å². The topological polar surface area (TPSA) is 45.2 Å². The van der Waals surface area contributed by atoms with Crippen LogP contribution in [-0.4, -0.2) is 42.0 Å². The molecule has 5 heteroatoms. The zero-order chi connectivity index (χ0) is 14.7. The number of fused-ring (bicyclic) bond motifs is 1. The second-order valence-corrected chi connectivity index (χ2v) is 5.72. The van der Waals surface area contributed by atoms with Crippen molar-refractivity contribution >= 4 is 28.4 Å². The lowest BCUT2D eigenvalue weighted by atomic mass is 10.2. The maximum atomic E-state index is 12.2. The molecular formula is C16H18ClN3O. The van der Waals surface area contributed by atoms with Crippen LogP contribution in [0.4, 0.5) is 0 Å². The monoisotopic (exact) mass is 303 g/mol. The number of pyridine rings is 1. The Hall–Kier alpha value is -1.65. The Morgan fingerprint density at radius 1 is 1.29 bits per heavy atom. The largest absolute Gasteiger partial charge is 0.349 e. The summed E-state index contributed by atoms with van der Waals surface area (Å²) in [5, 5.41) is 4.34. The van der Waals surface area contributed by atoms with Crippen molar-refractivity contribution in [3.05, 3.63) is 41.0 Å². The molecule has 1 aromatic carbocycles. The van der Waals surface area contributed by atoms with Crippen molar-refractivity contribution in [1.29, 1.82) is 0 Å². The minimum Gasteiger partial charge on any atom is -0.349 e. The average molecular weight is 304 g/mol. The molecule has 3 rings (SSSR count). The number of carbonyl (C=O) groups excluding carboxylic acids is 1. The first-order valence-corrected chi connectivity index (χ1v) is 7.68. The fourth-order valence-electron chi connectivity index (χ4n) is 2.67. The van der Waals surface area contributed by atoms with Crippen molar-refractivity contribution in [3.8, 4) is 0 Å². The average Bonchev–Trinajstić information content (AvgIpc) is 3.00. The predicted molar refractivity (Wildman–Crippen MR) is 84.8 cm³/mol. The minimum atomic E-state index is -0.165. The molecule has 1 amide bonds. The second-order valence-electron chi connectivity index (χ2n) is 5.31. The van der Waals surface area contributed by atoms with E-state index in [1.807, 2.05) is 24.3 Å². The number of nitrogens with zero attached hydrogens (tertiary/aromatic N) is 2. The number of carbonyl (C=O) groups is 1. The molecule has 1 aliphatic rings. The van der Waals surface area contributed by atoms with Gasteiger partial charge in [-0.15, -0.1) is 0 Å². The summed E-state index contributed by atoms with van der Waals surface area (Å²) >= 11 is 6.22. The fourth-order valence-corrected chi connectivity index (χ4v) is 2.94. The number of hydrogen-bond donors (Lipinski definition) is 1. The highest BCUT2D eigenvalue weighted by molar-refractivity contribution is 6.35. The Kier molecular flexibility index (Phi) is 4.36. The summed E-state index contributed by atoms with van der Waals surface area (Å²) in [6.45, 7) is 3.81. The number of hydrogen-bond acceptors (Lipinski definition) is 3. The molecule has 1 aliphatic heterocycles. The molecule has 2 aromatic rings. The standard InChI is InChI=1S/C16H18ClN3O/c17-13-11-15(19-14-6-2-1-5-12(13)14)16(21)18-7-10-20-8-3-4-9-20/h1-2,5-6,11H,3-4,7-10H2,(H,18,21). The molecule has 0 unspecified atom stereocenters. The molecule has 2 heterocycles. The SMILES string of the molecule is O=C(NCCN1CCCC1)c1cc(Cl)c2ccccc2n1. The normalized spacial score (nSPS) is 15.5. The predicted octanol–water partition coefficient (Wildman–Crippen LogP) is 2.71. The van der Waals surface area contributed by atoms with Crippen molar-refractivity contribution in [2.24, 2.45) is 0 Å². The van der Waals surface area contributed by atoms with Gasteiger partial charge in [0.2, 0.25) is 0 Å². The summed E-state index contributed by atoms with van der Waals surface area (Å²) < 4.78 is 0. The number of amides is 1. The lowest BCUT2D eigenvalue weighted by Gasteiger charge is -2.14. The first-order chi connectivity index (χ1) is 10.2. The third-order valence-electron chi connectivity index (χ3n) is 3.81. The van der Waals surface area contributed by atoms with Gasteiger partial charge in [0.25, 0.3) is 5.91 Å². The van der Waals surface area contributed by atoms with Gasteiger partial charge in [-0.2, -0.15) is 0 Å². The number of rotatable bonds is 4. The number of aromatic nitrogens is 1. The van der Waals surface area contributed by atoms with Crippen LogP contribution in [0.15, 0.2) is 30.3 Å². The molecule has 0 aliphatic carbocycles. The molecule has 1 saturated heterocycles. The highest BCUT2D eigenvalue weighted by Gasteiger charge is 2.13. The molecule has 0 atom stereocenters. The third kappa shape index (κ3) is 3.34. The van der Waals surface area contributed by atoms with Gasteiger partial charge in [0.15, 0.2) is 0 Å². The van der Waals surface area contributed by atoms with Gasteiger partial charge in [-0.1, -0.05) is 29.8 Å². The smallest absolute Gasteiger partial charge is 0.270 e. The van der Waals surface area contributed by atoms with Crippen LogP contribution >= 0.6 is 11.6 Å². The lowest BCUT2D eigenvalue weighted by molar-refractivity contribution is 0.0945. The number of para-hydroxylation sites is 1. The maximum absolute atomic E-state index is 12.2. The van der Waals surface area contributed by atoms with Crippen molar-refractivity contribution in [2.75, 3.05) is 26.2 Å². The molecular weight excluding hydrogens is 286 g/mol. The molecule has 0 spiro atoms. The zero-order valence-corrected chi connectivity index (χ0v) is 12.6. The van der Waals surface area contributed by atoms with E-state index < -0.39 is 0 Å². The van der Waals surface area contributed by atoms with E-state index in [1.165, 1.54) is 12.8 Å². The Labute approximate surface area is 129 Å². The Balaban J connectivity index is 1.66. The van der Waals surface area contributed by atoms with Crippen molar-refractivity contribution < 1.29 is 4.79 Å². The first-order valence-electron chi connectivity index (χ1n) is 7.30. The molecule has 1 N–H and O–H groups in total. The van der Waals surface area contributed by atoms with Gasteiger partial charge in [-0.25, -0.2) is 4.98 Å². The van der Waals surface area contributed by atoms with Gasteiger partial charge >= 0.3 is 0 Å². The first kappa shape index (κ1) is 14.3. The molecule has 0 bridgehead atoms. The molecule has 21 heavy (non-hydrogen) atoms. The van der Waals surface area contributed by atoms with E-state index in [2.05, 4.69) is 15.2 Å². The Bertz CT molecular complexity index is 653. The molecule has 0 radical (unpaired) electrons. The van der Waals surface area contributed by atoms with Crippen molar-refractivity contribution in [3.63, 3.8) is 0 Å². The highest BCUT2D eigenvalue weighted by atomic mass is 35.5. The van der Waals surface area contributed by atoms with E-state index in [9.17, 15) is 4.79 Å². The van der Waals surface area contributed by atoms with Crippen molar-refractivity contribution in [1.82, 2.24) is 15.2 Å². The second kappa shape index (κ2) is 6.41. The summed E-state index contributed by atoms with van der Waals surface area (Å²) in [5.74, 6) is -0.165. The molecule has 1 fully saturated rings. The van der Waals surface area contributed by atoms with Gasteiger partial charge in [0.1, 0.15) is 5.69 Å². The number of halogens is 1. The minimum absolute atomic E-state index is 0.165. The van der Waals surface area contributed by atoms with Gasteiger partial charge in [0, 0.05) is 18.5 Å². The molecule has 1 aromatic heterocycles. The number of nitrogens with one attached hydrogen (secondary N) is 1. The van der Waals surface area contributed by atoms with Gasteiger partial charge < -0.3 is 10.2 Å². The van der Waals surface area contributed by atoms with E-state index in [0.717, 1.165) is 30.5 Å². The Morgan fingerprint density at radius 3 is 2.86 bits per heavy atom. The van der Waals surface area contributed by atoms with E-state index in [4.69, 9.17) is 11.6 Å². The third-order valence-corrected chi connectivity index (χ3v) is 4.12. The summed E-state index contributed by atoms with van der Waals surface area (Å²) in [6, 6.07) is 9.20. The maximum Gasteiger partial charge on any atom is 0.270 e. The van der Waals surface area contributed by atoms with Gasteiger partial charge in [-0.3, -0.25) is 4.79 Å². The fraction of sp³-hybridized carbons (Fsp3) is 0.375. The van der Waals surface area contributed by atoms with E-state index in [-0.39, 0.29) is 5.91 Å². The van der Waals surface area contributed by atoms with Crippen LogP contribution in [0.3, 0.4) is 0 Å². The summed E-state index contributed by atoms with van der Waals surface area (Å²) in [7, 11) is 0. The van der Waals surface area contributed by atoms with Gasteiger partial charge in [0.05, 0.1) is 10.5 Å². The van der Waals surface area contributed by atoms with Crippen LogP contribution in [0.5, 0.6) is 0 Å². The summed E-state index contributed by atoms with van der Waals surface area (Å²) in [5.41, 5.74) is 1.12. The molecule has 110 valence electrons. The Morgan fingerprint density at radius 2 is 2.05 bits per heavy atom. The number of likely N-dealkylation sites (tertiary alicyclic amines) is 1. The molecule has 0 saturated carbocycles. The highest BCUT2D eigenvalue weighted by Crippen LogP contribution is 2.22. The van der Waals surface area contributed by atoms with E-state index in [1.54, 1.807) is 6.07 Å². The quantitative estimate of drug-likeness (QED) is 0.944. The summed E-state index contributed by atoms with van der Waals surface area (Å²) in [4.78, 5) is 18.9. The number of benzene rings is 1. The molecule has 4 nitrogen and oxygen atoms in total. The lowest BCUT2D eigenvalue weighted by Crippen LogP contribution is -2.33. The van der Waals surface area contributed by atoms with Crippen LogP contribution < -0.4 is 5.32 Å². The van der Waals surface area contributed by atoms with Crippen LogP contribution in [0.1, 0.15) is 23.3 Å². The van der Waals surface area contributed by atoms with Crippen LogP contribution in [-0.2, 0) is 0 Å². The van der Waals surface area contributed by atoms with Gasteiger partial charge in [-0.05, 0) is 38.1 Å². The van der Waals surface area contributed by atoms with Crippen LogP contribution in [0.25, 0.3) is 10.9 Å². The van der Waals surface area contributed by atoms with E-state index in [0.29, 0.717) is 17.3 Å².